The fourth-order valence-corrected chi connectivity index (χ4v) is 3.14. The molecule has 0 aromatic carbocycles. The number of carbonyl (C=O) groups excluding carboxylic acids is 2. The van der Waals surface area contributed by atoms with E-state index in [0.29, 0.717) is 26.2 Å². The molecule has 0 saturated carbocycles. The smallest absolute Gasteiger partial charge is 0.410 e. The molecule has 1 aliphatic heterocycles. The van der Waals surface area contributed by atoms with Crippen LogP contribution in [0.2, 0.25) is 0 Å². The van der Waals surface area contributed by atoms with Crippen LogP contribution in [0.1, 0.15) is 86.0 Å². The number of hydrogen-bond acceptors (Lipinski definition) is 3. The topological polar surface area (TPSA) is 49.9 Å². The first kappa shape index (κ1) is 34.2. The molecule has 208 valence electrons. The molecular weight excluding hydrogens is 460 g/mol. The van der Waals surface area contributed by atoms with E-state index >= 15 is 0 Å². The normalized spacial score (nSPS) is 15.1. The van der Waals surface area contributed by atoms with Crippen molar-refractivity contribution in [1.82, 2.24) is 9.80 Å². The zero-order valence-corrected chi connectivity index (χ0v) is 24.1. The van der Waals surface area contributed by atoms with Gasteiger partial charge in [0.1, 0.15) is 5.60 Å². The number of piperazine rings is 1. The number of nitrogens with zero attached hydrogens (tertiary/aromatic N) is 2. The van der Waals surface area contributed by atoms with E-state index in [1.54, 1.807) is 9.80 Å². The maximum Gasteiger partial charge on any atom is 0.410 e. The number of hydrogen-bond donors (Lipinski definition) is 0. The Morgan fingerprint density at radius 3 is 1.43 bits per heavy atom. The first-order chi connectivity index (χ1) is 17.8. The number of carbonyl (C=O) groups is 2. The van der Waals surface area contributed by atoms with Crippen LogP contribution >= 0.6 is 0 Å². The lowest BCUT2D eigenvalue weighted by Crippen LogP contribution is -2.49. The fraction of sp³-hybridized carbons (Fsp3) is 0.562. The maximum atomic E-state index is 11.6. The summed E-state index contributed by atoms with van der Waals surface area (Å²) in [6.45, 7) is 12.2. The molecule has 0 aromatic heterocycles. The molecule has 1 fully saturated rings. The highest BCUT2D eigenvalue weighted by atomic mass is 16.6. The Labute approximate surface area is 227 Å². The molecule has 0 aromatic rings. The monoisotopic (exact) mass is 512 g/mol. The van der Waals surface area contributed by atoms with Crippen LogP contribution in [0.3, 0.4) is 0 Å². The summed E-state index contributed by atoms with van der Waals surface area (Å²) in [7, 11) is 0. The van der Waals surface area contributed by atoms with Gasteiger partial charge in [-0.25, -0.2) is 4.79 Å². The number of ether oxygens (including phenoxy) is 1. The van der Waals surface area contributed by atoms with Gasteiger partial charge in [-0.15, -0.1) is 0 Å². The van der Waals surface area contributed by atoms with E-state index in [9.17, 15) is 9.59 Å². The highest BCUT2D eigenvalue weighted by Crippen LogP contribution is 2.11. The fourth-order valence-electron chi connectivity index (χ4n) is 3.14. The number of allylic oxidation sites excluding steroid dienone is 12. The summed E-state index contributed by atoms with van der Waals surface area (Å²) < 4.78 is 5.23. The van der Waals surface area contributed by atoms with Crippen LogP contribution in [0.15, 0.2) is 72.9 Å². The van der Waals surface area contributed by atoms with Crippen molar-refractivity contribution in [2.24, 2.45) is 0 Å². The van der Waals surface area contributed by atoms with Crippen LogP contribution in [-0.2, 0) is 9.53 Å². The third kappa shape index (κ3) is 23.3. The molecule has 37 heavy (non-hydrogen) atoms. The zero-order valence-electron chi connectivity index (χ0n) is 24.1. The van der Waals surface area contributed by atoms with Crippen molar-refractivity contribution in [2.45, 2.75) is 91.6 Å². The second-order valence-corrected chi connectivity index (χ2v) is 9.81. The van der Waals surface area contributed by atoms with Gasteiger partial charge in [0.25, 0.3) is 0 Å². The lowest BCUT2D eigenvalue weighted by atomic mass is 10.2. The van der Waals surface area contributed by atoms with Crippen LogP contribution in [0.5, 0.6) is 0 Å². The van der Waals surface area contributed by atoms with E-state index < -0.39 is 5.60 Å². The van der Waals surface area contributed by atoms with E-state index in [1.165, 1.54) is 12.8 Å². The predicted molar refractivity (Wildman–Crippen MR) is 159 cm³/mol. The minimum atomic E-state index is -0.459. The molecule has 0 N–H and O–H groups in total. The average Bonchev–Trinajstić information content (AvgIpc) is 2.87. The van der Waals surface area contributed by atoms with Crippen molar-refractivity contribution < 1.29 is 14.3 Å². The Balaban J connectivity index is 0.000000749. The molecule has 5 nitrogen and oxygen atoms in total. The number of unbranched alkanes of at least 4 members (excludes halogenated alkanes) is 1. The molecule has 1 saturated heterocycles. The lowest BCUT2D eigenvalue weighted by Gasteiger charge is -2.33. The van der Waals surface area contributed by atoms with E-state index in [0.717, 1.165) is 44.9 Å². The largest absolute Gasteiger partial charge is 0.444 e. The van der Waals surface area contributed by atoms with Crippen LogP contribution in [0.25, 0.3) is 0 Å². The minimum Gasteiger partial charge on any atom is -0.444 e. The van der Waals surface area contributed by atoms with Gasteiger partial charge >= 0.3 is 6.09 Å². The molecule has 1 heterocycles. The summed E-state index contributed by atoms with van der Waals surface area (Å²) in [4.78, 5) is 25.3. The second-order valence-electron chi connectivity index (χ2n) is 9.81. The number of amides is 2. The van der Waals surface area contributed by atoms with Crippen LogP contribution in [-0.4, -0.2) is 54.1 Å². The molecule has 0 atom stereocenters. The molecule has 0 radical (unpaired) electrons. The van der Waals surface area contributed by atoms with Crippen molar-refractivity contribution in [3.05, 3.63) is 72.9 Å². The van der Waals surface area contributed by atoms with Crippen LogP contribution in [0, 0.1) is 0 Å². The summed E-state index contributed by atoms with van der Waals surface area (Å²) >= 11 is 0. The van der Waals surface area contributed by atoms with Gasteiger partial charge in [0, 0.05) is 26.2 Å². The van der Waals surface area contributed by atoms with E-state index in [-0.39, 0.29) is 6.09 Å². The highest BCUT2D eigenvalue weighted by Gasteiger charge is 2.25. The first-order valence-electron chi connectivity index (χ1n) is 13.9. The first-order valence-corrected chi connectivity index (χ1v) is 13.9. The van der Waals surface area contributed by atoms with Gasteiger partial charge in [0.2, 0.25) is 6.41 Å². The third-order valence-electron chi connectivity index (χ3n) is 5.17. The Kier molecular flexibility index (Phi) is 21.8. The summed E-state index contributed by atoms with van der Waals surface area (Å²) in [5.74, 6) is 0. The standard InChI is InChI=1S/C22H34.C10H18N2O3/c1-3-5-7-9-11-13-15-17-19-21-22-20-18-16-14-12-10-8-6-4-2;1-10(2,3)15-9(14)12-6-4-11(8-13)5-7-12/h5,7-8,10-11,13-14,16-17,19-20,22H,3-4,6,9,12,15,18,21H2,1-2H3;8H,4-7H2,1-3H3/b7-5-,10-8-,13-11-,16-14-,19-17-,22-20-;. The second kappa shape index (κ2) is 23.6. The van der Waals surface area contributed by atoms with Crippen molar-refractivity contribution in [1.29, 1.82) is 0 Å². The zero-order chi connectivity index (χ0) is 27.6. The molecule has 2 amide bonds. The molecule has 1 rings (SSSR count). The van der Waals surface area contributed by atoms with Crippen LogP contribution < -0.4 is 0 Å². The molecule has 0 spiro atoms. The Bertz CT molecular complexity index is 746. The van der Waals surface area contributed by atoms with Gasteiger partial charge in [-0.1, -0.05) is 93.2 Å². The summed E-state index contributed by atoms with van der Waals surface area (Å²) in [6.07, 6.45) is 36.1. The van der Waals surface area contributed by atoms with E-state index in [2.05, 4.69) is 86.8 Å². The van der Waals surface area contributed by atoms with Gasteiger partial charge in [-0.2, -0.15) is 0 Å². The Hall–Kier alpha value is -2.82. The molecule has 5 heteroatoms. The van der Waals surface area contributed by atoms with Crippen molar-refractivity contribution in [3.63, 3.8) is 0 Å². The van der Waals surface area contributed by atoms with Gasteiger partial charge < -0.3 is 14.5 Å². The highest BCUT2D eigenvalue weighted by molar-refractivity contribution is 5.68. The minimum absolute atomic E-state index is 0.298. The summed E-state index contributed by atoms with van der Waals surface area (Å²) in [5.41, 5.74) is -0.459. The number of rotatable bonds is 14. The van der Waals surface area contributed by atoms with Crippen molar-refractivity contribution >= 4 is 12.5 Å². The van der Waals surface area contributed by atoms with Gasteiger partial charge in [-0.3, -0.25) is 4.79 Å². The van der Waals surface area contributed by atoms with Crippen molar-refractivity contribution in [2.75, 3.05) is 26.2 Å². The van der Waals surface area contributed by atoms with E-state index in [4.69, 9.17) is 4.74 Å². The molecule has 0 bridgehead atoms. The molecule has 0 unspecified atom stereocenters. The quantitative estimate of drug-likeness (QED) is 0.174. The summed E-state index contributed by atoms with van der Waals surface area (Å²) in [5, 5.41) is 0. The summed E-state index contributed by atoms with van der Waals surface area (Å²) in [6, 6.07) is 0. The average molecular weight is 513 g/mol. The Morgan fingerprint density at radius 1 is 0.676 bits per heavy atom. The Morgan fingerprint density at radius 2 is 1.08 bits per heavy atom. The predicted octanol–water partition coefficient (Wildman–Crippen LogP) is 8.18. The molecular formula is C32H52N2O3. The third-order valence-corrected chi connectivity index (χ3v) is 5.17. The molecule has 1 aliphatic rings. The van der Waals surface area contributed by atoms with Gasteiger partial charge in [-0.05, 0) is 65.7 Å². The van der Waals surface area contributed by atoms with Crippen molar-refractivity contribution in [3.8, 4) is 0 Å². The van der Waals surface area contributed by atoms with E-state index in [1.807, 2.05) is 20.8 Å². The van der Waals surface area contributed by atoms with Gasteiger partial charge in [0.05, 0.1) is 0 Å². The maximum absolute atomic E-state index is 11.6. The molecule has 0 aliphatic carbocycles. The lowest BCUT2D eigenvalue weighted by molar-refractivity contribution is -0.119. The SMILES string of the molecule is CC(C)(C)OC(=O)N1CCN(C=O)CC1.CC/C=C\C/C=C\C/C=C\C/C=C\C/C=C\C/C=C\CCC. The van der Waals surface area contributed by atoms with Crippen LogP contribution in [0.4, 0.5) is 4.79 Å². The van der Waals surface area contributed by atoms with Gasteiger partial charge in [0.15, 0.2) is 0 Å².